The number of nitrogens with zero attached hydrogens (tertiary/aromatic N) is 3. The van der Waals surface area contributed by atoms with Gasteiger partial charge in [0, 0.05) is 56.8 Å². The second-order valence-electron chi connectivity index (χ2n) is 5.78. The molecule has 1 fully saturated rings. The van der Waals surface area contributed by atoms with Gasteiger partial charge >= 0.3 is 0 Å². The molecule has 1 aliphatic rings. The van der Waals surface area contributed by atoms with Crippen molar-refractivity contribution in [1.29, 1.82) is 0 Å². The average Bonchev–Trinajstić information content (AvgIpc) is 3.05. The molecule has 1 aliphatic heterocycles. The van der Waals surface area contributed by atoms with Gasteiger partial charge in [0.15, 0.2) is 0 Å². The minimum atomic E-state index is 0.747. The number of aromatic nitrogens is 1. The number of benzene rings is 1. The van der Waals surface area contributed by atoms with Gasteiger partial charge in [-0.1, -0.05) is 0 Å². The van der Waals surface area contributed by atoms with E-state index in [1.807, 2.05) is 12.1 Å². The predicted octanol–water partition coefficient (Wildman–Crippen LogP) is 1.90. The molecule has 3 rings (SSSR count). The highest BCUT2D eigenvalue weighted by atomic mass is 32.1. The van der Waals surface area contributed by atoms with Crippen molar-refractivity contribution in [1.82, 2.24) is 14.8 Å². The Hall–Kier alpha value is -1.47. The largest absolute Gasteiger partial charge is 0.497 e. The van der Waals surface area contributed by atoms with Crippen LogP contribution in [-0.4, -0.2) is 61.2 Å². The quantitative estimate of drug-likeness (QED) is 0.875. The van der Waals surface area contributed by atoms with Crippen molar-refractivity contribution >= 4 is 11.3 Å². The second kappa shape index (κ2) is 7.88. The van der Waals surface area contributed by atoms with Crippen molar-refractivity contribution in [3.8, 4) is 16.3 Å². The molecule has 124 valence electrons. The van der Waals surface area contributed by atoms with Crippen LogP contribution in [-0.2, 0) is 6.54 Å². The lowest BCUT2D eigenvalue weighted by Crippen LogP contribution is -2.47. The summed E-state index contributed by atoms with van der Waals surface area (Å²) >= 11 is 1.71. The van der Waals surface area contributed by atoms with Crippen LogP contribution < -0.4 is 10.5 Å². The first-order chi connectivity index (χ1) is 11.3. The van der Waals surface area contributed by atoms with Gasteiger partial charge in [0.2, 0.25) is 0 Å². The summed E-state index contributed by atoms with van der Waals surface area (Å²) < 4.78 is 5.20. The maximum absolute atomic E-state index is 5.62. The van der Waals surface area contributed by atoms with Crippen molar-refractivity contribution in [3.05, 3.63) is 35.3 Å². The van der Waals surface area contributed by atoms with E-state index in [-0.39, 0.29) is 0 Å². The van der Waals surface area contributed by atoms with Gasteiger partial charge in [0.1, 0.15) is 10.8 Å². The van der Waals surface area contributed by atoms with Crippen LogP contribution in [0.1, 0.15) is 5.69 Å². The first kappa shape index (κ1) is 16.4. The molecule has 0 saturated carbocycles. The Kier molecular flexibility index (Phi) is 5.61. The summed E-state index contributed by atoms with van der Waals surface area (Å²) in [5.74, 6) is 0.876. The summed E-state index contributed by atoms with van der Waals surface area (Å²) in [5.41, 5.74) is 7.93. The van der Waals surface area contributed by atoms with Gasteiger partial charge in [-0.25, -0.2) is 4.98 Å². The van der Waals surface area contributed by atoms with E-state index in [0.717, 1.165) is 67.8 Å². The number of ether oxygens (including phenoxy) is 1. The second-order valence-corrected chi connectivity index (χ2v) is 6.64. The van der Waals surface area contributed by atoms with Gasteiger partial charge < -0.3 is 10.5 Å². The molecule has 0 radical (unpaired) electrons. The average molecular weight is 332 g/mol. The zero-order chi connectivity index (χ0) is 16.1. The summed E-state index contributed by atoms with van der Waals surface area (Å²) in [5, 5.41) is 3.25. The molecule has 1 saturated heterocycles. The molecular weight excluding hydrogens is 308 g/mol. The lowest BCUT2D eigenvalue weighted by Gasteiger charge is -2.34. The minimum absolute atomic E-state index is 0.747. The van der Waals surface area contributed by atoms with Gasteiger partial charge in [-0.15, -0.1) is 11.3 Å². The fraction of sp³-hybridized carbons (Fsp3) is 0.471. The summed E-state index contributed by atoms with van der Waals surface area (Å²) in [4.78, 5) is 9.69. The number of nitrogens with two attached hydrogens (primary N) is 1. The summed E-state index contributed by atoms with van der Waals surface area (Å²) in [7, 11) is 1.68. The van der Waals surface area contributed by atoms with Crippen LogP contribution in [0.15, 0.2) is 29.6 Å². The van der Waals surface area contributed by atoms with Gasteiger partial charge in [-0.3, -0.25) is 9.80 Å². The predicted molar refractivity (Wildman–Crippen MR) is 94.9 cm³/mol. The highest BCUT2D eigenvalue weighted by molar-refractivity contribution is 7.13. The molecule has 0 amide bonds. The molecular formula is C17H24N4OS. The standard InChI is InChI=1S/C17H24N4OS/c1-22-16-4-2-14(3-5-16)17-19-15(13-23-17)12-21-10-8-20(7-6-18)9-11-21/h2-5,13H,6-12,18H2,1H3. The lowest BCUT2D eigenvalue weighted by atomic mass is 10.2. The van der Waals surface area contributed by atoms with E-state index in [1.165, 1.54) is 0 Å². The van der Waals surface area contributed by atoms with Crippen molar-refractivity contribution in [2.75, 3.05) is 46.4 Å². The molecule has 23 heavy (non-hydrogen) atoms. The molecule has 5 nitrogen and oxygen atoms in total. The summed E-state index contributed by atoms with van der Waals surface area (Å²) in [6.45, 7) is 7.08. The first-order valence-electron chi connectivity index (χ1n) is 8.02. The normalized spacial score (nSPS) is 16.6. The smallest absolute Gasteiger partial charge is 0.123 e. The number of hydrogen-bond acceptors (Lipinski definition) is 6. The Balaban J connectivity index is 1.57. The Morgan fingerprint density at radius 1 is 1.13 bits per heavy atom. The third kappa shape index (κ3) is 4.29. The van der Waals surface area contributed by atoms with Crippen LogP contribution in [0.4, 0.5) is 0 Å². The van der Waals surface area contributed by atoms with Crippen LogP contribution in [0.3, 0.4) is 0 Å². The summed E-state index contributed by atoms with van der Waals surface area (Å²) in [6, 6.07) is 8.08. The zero-order valence-corrected chi connectivity index (χ0v) is 14.4. The number of rotatable bonds is 6. The topological polar surface area (TPSA) is 54.6 Å². The Bertz CT molecular complexity index is 605. The van der Waals surface area contributed by atoms with E-state index < -0.39 is 0 Å². The monoisotopic (exact) mass is 332 g/mol. The van der Waals surface area contributed by atoms with Gasteiger partial charge in [-0.2, -0.15) is 0 Å². The molecule has 2 N–H and O–H groups in total. The maximum Gasteiger partial charge on any atom is 0.123 e. The van der Waals surface area contributed by atoms with E-state index in [1.54, 1.807) is 18.4 Å². The van der Waals surface area contributed by atoms with Crippen LogP contribution in [0, 0.1) is 0 Å². The molecule has 0 aliphatic carbocycles. The van der Waals surface area contributed by atoms with Crippen LogP contribution in [0.2, 0.25) is 0 Å². The van der Waals surface area contributed by atoms with E-state index in [2.05, 4.69) is 27.3 Å². The van der Waals surface area contributed by atoms with Crippen molar-refractivity contribution < 1.29 is 4.74 Å². The van der Waals surface area contributed by atoms with E-state index in [0.29, 0.717) is 0 Å². The van der Waals surface area contributed by atoms with Crippen molar-refractivity contribution in [3.63, 3.8) is 0 Å². The van der Waals surface area contributed by atoms with E-state index >= 15 is 0 Å². The van der Waals surface area contributed by atoms with Gasteiger partial charge in [0.05, 0.1) is 12.8 Å². The van der Waals surface area contributed by atoms with Crippen molar-refractivity contribution in [2.24, 2.45) is 5.73 Å². The van der Waals surface area contributed by atoms with Crippen LogP contribution >= 0.6 is 11.3 Å². The Morgan fingerprint density at radius 3 is 2.48 bits per heavy atom. The highest BCUT2D eigenvalue weighted by Gasteiger charge is 2.17. The van der Waals surface area contributed by atoms with Crippen LogP contribution in [0.25, 0.3) is 10.6 Å². The molecule has 0 bridgehead atoms. The SMILES string of the molecule is COc1ccc(-c2nc(CN3CCN(CCN)CC3)cs2)cc1. The number of hydrogen-bond donors (Lipinski definition) is 1. The van der Waals surface area contributed by atoms with E-state index in [9.17, 15) is 0 Å². The van der Waals surface area contributed by atoms with Crippen molar-refractivity contribution in [2.45, 2.75) is 6.54 Å². The third-order valence-corrected chi connectivity index (χ3v) is 5.12. The number of thiazole rings is 1. The summed E-state index contributed by atoms with van der Waals surface area (Å²) in [6.07, 6.45) is 0. The number of piperazine rings is 1. The molecule has 2 heterocycles. The first-order valence-corrected chi connectivity index (χ1v) is 8.90. The fourth-order valence-corrected chi connectivity index (χ4v) is 3.65. The Labute approximate surface area is 141 Å². The number of methoxy groups -OCH3 is 1. The van der Waals surface area contributed by atoms with Gasteiger partial charge in [0.25, 0.3) is 0 Å². The molecule has 0 spiro atoms. The van der Waals surface area contributed by atoms with Gasteiger partial charge in [-0.05, 0) is 24.3 Å². The molecule has 1 aromatic carbocycles. The third-order valence-electron chi connectivity index (χ3n) is 4.18. The molecule has 0 unspecified atom stereocenters. The fourth-order valence-electron chi connectivity index (χ4n) is 2.83. The van der Waals surface area contributed by atoms with E-state index in [4.69, 9.17) is 15.5 Å². The Morgan fingerprint density at radius 2 is 1.83 bits per heavy atom. The lowest BCUT2D eigenvalue weighted by molar-refractivity contribution is 0.129. The zero-order valence-electron chi connectivity index (χ0n) is 13.6. The molecule has 2 aromatic rings. The maximum atomic E-state index is 5.62. The van der Waals surface area contributed by atoms with Crippen LogP contribution in [0.5, 0.6) is 5.75 Å². The molecule has 1 aromatic heterocycles. The molecule has 6 heteroatoms. The molecule has 0 atom stereocenters. The minimum Gasteiger partial charge on any atom is -0.497 e. The highest BCUT2D eigenvalue weighted by Crippen LogP contribution is 2.26.